The average Bonchev–Trinajstić information content (AvgIpc) is 3.51. The lowest BCUT2D eigenvalue weighted by Gasteiger charge is -2.23. The lowest BCUT2D eigenvalue weighted by atomic mass is 9.85. The predicted molar refractivity (Wildman–Crippen MR) is 119 cm³/mol. The Labute approximate surface area is 180 Å². The van der Waals surface area contributed by atoms with Gasteiger partial charge in [-0.25, -0.2) is 0 Å². The molecule has 0 unspecified atom stereocenters. The van der Waals surface area contributed by atoms with E-state index in [0.717, 1.165) is 78.7 Å². The second-order valence-corrected chi connectivity index (χ2v) is 9.62. The van der Waals surface area contributed by atoms with Crippen LogP contribution in [0.1, 0.15) is 49.8 Å². The average molecular weight is 418 g/mol. The van der Waals surface area contributed by atoms with Crippen LogP contribution in [0.2, 0.25) is 0 Å². The smallest absolute Gasteiger partial charge is 0.242 e. The van der Waals surface area contributed by atoms with Crippen molar-refractivity contribution in [3.63, 3.8) is 0 Å². The second-order valence-electron chi connectivity index (χ2n) is 9.62. The molecule has 4 heterocycles. The molecule has 3 aromatic rings. The number of aromatic amines is 2. The van der Waals surface area contributed by atoms with Gasteiger partial charge >= 0.3 is 0 Å². The minimum atomic E-state index is -0.656. The Balaban J connectivity index is 1.48. The van der Waals surface area contributed by atoms with E-state index < -0.39 is 5.41 Å². The highest BCUT2D eigenvalue weighted by atomic mass is 16.2. The van der Waals surface area contributed by atoms with Crippen molar-refractivity contribution in [1.29, 1.82) is 0 Å². The minimum absolute atomic E-state index is 0.00430. The fourth-order valence-electron chi connectivity index (χ4n) is 5.58. The van der Waals surface area contributed by atoms with Crippen LogP contribution in [0.15, 0.2) is 18.3 Å². The Morgan fingerprint density at radius 2 is 1.94 bits per heavy atom. The number of nitrogens with one attached hydrogen (secondary N) is 2. The molecule has 0 saturated carbocycles. The summed E-state index contributed by atoms with van der Waals surface area (Å²) in [5.74, 6) is 0.0502. The quantitative estimate of drug-likeness (QED) is 0.671. The number of likely N-dealkylation sites (tertiary alicyclic amines) is 1. The number of fused-ring (bicyclic) bond motifs is 6. The maximum atomic E-state index is 13.3. The molecule has 2 amide bonds. The number of aryl methyl sites for hydroxylation is 2. The number of carbonyl (C=O) groups excluding carboxylic acids is 2. The van der Waals surface area contributed by atoms with Gasteiger partial charge in [0.15, 0.2) is 0 Å². The van der Waals surface area contributed by atoms with Gasteiger partial charge < -0.3 is 14.8 Å². The molecular formula is C24H27N5O2. The molecule has 3 aliphatic rings. The van der Waals surface area contributed by atoms with Crippen molar-refractivity contribution in [3.8, 4) is 11.4 Å². The van der Waals surface area contributed by atoms with Crippen LogP contribution in [0.25, 0.3) is 22.3 Å². The van der Waals surface area contributed by atoms with Gasteiger partial charge in [0.05, 0.1) is 23.0 Å². The summed E-state index contributed by atoms with van der Waals surface area (Å²) >= 11 is 0. The zero-order chi connectivity index (χ0) is 21.3. The zero-order valence-corrected chi connectivity index (χ0v) is 18.0. The predicted octanol–water partition coefficient (Wildman–Crippen LogP) is 3.29. The number of nitrogens with zero attached hydrogens (tertiary/aromatic N) is 3. The second kappa shape index (κ2) is 6.45. The molecule has 0 radical (unpaired) electrons. The van der Waals surface area contributed by atoms with E-state index in [4.69, 9.17) is 0 Å². The highest BCUT2D eigenvalue weighted by molar-refractivity contribution is 6.12. The van der Waals surface area contributed by atoms with Crippen LogP contribution in [0.3, 0.4) is 0 Å². The largest absolute Gasteiger partial charge is 0.353 e. The third-order valence-corrected chi connectivity index (χ3v) is 7.36. The van der Waals surface area contributed by atoms with E-state index >= 15 is 0 Å². The molecule has 0 bridgehead atoms. The highest BCUT2D eigenvalue weighted by Crippen LogP contribution is 2.46. The molecule has 31 heavy (non-hydrogen) atoms. The maximum Gasteiger partial charge on any atom is 0.242 e. The van der Waals surface area contributed by atoms with Crippen molar-refractivity contribution in [3.05, 3.63) is 35.0 Å². The highest BCUT2D eigenvalue weighted by Gasteiger charge is 2.45. The fraction of sp³-hybridized carbons (Fsp3) is 0.458. The SMILES string of the molecule is CC1(C)C(=O)N(CC(=O)N2CCCC2)c2cc3c4c([nH]c3cc21)-c1[nH]ncc1CCC4. The van der Waals surface area contributed by atoms with E-state index in [9.17, 15) is 9.59 Å². The number of carbonyl (C=O) groups is 2. The molecule has 0 spiro atoms. The number of amides is 2. The summed E-state index contributed by atoms with van der Waals surface area (Å²) in [5.41, 5.74) is 6.94. The van der Waals surface area contributed by atoms with E-state index in [0.29, 0.717) is 0 Å². The number of anilines is 1. The molecule has 7 nitrogen and oxygen atoms in total. The van der Waals surface area contributed by atoms with Crippen molar-refractivity contribution in [2.75, 3.05) is 24.5 Å². The molecule has 1 fully saturated rings. The Morgan fingerprint density at radius 3 is 2.74 bits per heavy atom. The number of hydrogen-bond acceptors (Lipinski definition) is 3. The fourth-order valence-corrected chi connectivity index (χ4v) is 5.58. The van der Waals surface area contributed by atoms with Crippen molar-refractivity contribution in [2.24, 2.45) is 0 Å². The monoisotopic (exact) mass is 417 g/mol. The van der Waals surface area contributed by atoms with E-state index in [-0.39, 0.29) is 18.4 Å². The van der Waals surface area contributed by atoms with Crippen LogP contribution in [0.4, 0.5) is 5.69 Å². The van der Waals surface area contributed by atoms with Crippen molar-refractivity contribution in [1.82, 2.24) is 20.1 Å². The number of aromatic nitrogens is 3. The normalized spacial score (nSPS) is 19.5. The van der Waals surface area contributed by atoms with Gasteiger partial charge in [0.1, 0.15) is 6.54 Å². The maximum absolute atomic E-state index is 13.3. The first-order chi connectivity index (χ1) is 14.9. The molecular weight excluding hydrogens is 390 g/mol. The summed E-state index contributed by atoms with van der Waals surface area (Å²) in [5, 5.41) is 8.56. The molecule has 0 atom stereocenters. The number of benzene rings is 1. The van der Waals surface area contributed by atoms with Crippen LogP contribution in [0, 0.1) is 0 Å². The molecule has 1 saturated heterocycles. The summed E-state index contributed by atoms with van der Waals surface area (Å²) < 4.78 is 0. The van der Waals surface area contributed by atoms with Gasteiger partial charge in [-0.3, -0.25) is 14.7 Å². The van der Waals surface area contributed by atoms with Gasteiger partial charge in [-0.1, -0.05) is 0 Å². The first-order valence-corrected chi connectivity index (χ1v) is 11.3. The van der Waals surface area contributed by atoms with Crippen molar-refractivity contribution < 1.29 is 9.59 Å². The summed E-state index contributed by atoms with van der Waals surface area (Å²) in [6.07, 6.45) is 7.05. The van der Waals surface area contributed by atoms with Gasteiger partial charge in [0, 0.05) is 29.7 Å². The molecule has 2 aliphatic heterocycles. The van der Waals surface area contributed by atoms with E-state index in [1.54, 1.807) is 4.90 Å². The Hall–Kier alpha value is -3.09. The van der Waals surface area contributed by atoms with E-state index in [1.807, 2.05) is 24.9 Å². The molecule has 1 aliphatic carbocycles. The summed E-state index contributed by atoms with van der Waals surface area (Å²) in [7, 11) is 0. The van der Waals surface area contributed by atoms with Crippen LogP contribution in [-0.4, -0.2) is 51.5 Å². The first kappa shape index (κ1) is 18.7. The third kappa shape index (κ3) is 2.61. The zero-order valence-electron chi connectivity index (χ0n) is 18.0. The lowest BCUT2D eigenvalue weighted by Crippen LogP contribution is -2.43. The van der Waals surface area contributed by atoms with Gasteiger partial charge in [-0.2, -0.15) is 5.10 Å². The summed E-state index contributed by atoms with van der Waals surface area (Å²) in [6.45, 7) is 5.64. The van der Waals surface area contributed by atoms with Crippen molar-refractivity contribution in [2.45, 2.75) is 51.4 Å². The third-order valence-electron chi connectivity index (χ3n) is 7.36. The topological polar surface area (TPSA) is 85.1 Å². The Morgan fingerprint density at radius 1 is 1.13 bits per heavy atom. The van der Waals surface area contributed by atoms with Gasteiger partial charge in [0.2, 0.25) is 11.8 Å². The van der Waals surface area contributed by atoms with Gasteiger partial charge in [-0.05, 0) is 74.8 Å². The molecule has 1 aromatic carbocycles. The van der Waals surface area contributed by atoms with E-state index in [2.05, 4.69) is 27.3 Å². The number of rotatable bonds is 2. The Bertz CT molecular complexity index is 1230. The minimum Gasteiger partial charge on any atom is -0.353 e. The molecule has 7 heteroatoms. The van der Waals surface area contributed by atoms with E-state index in [1.165, 1.54) is 11.1 Å². The standard InChI is InChI=1S/C24H27N5O2/c1-24(2)17-11-18-16(15-7-5-6-14-12-25-27-21(14)22(15)26-18)10-19(17)29(23(24)31)13-20(30)28-8-3-4-9-28/h10-12,26H,3-9,13H2,1-2H3,(H,25,27). The molecule has 160 valence electrons. The van der Waals surface area contributed by atoms with Crippen molar-refractivity contribution >= 4 is 28.4 Å². The Kier molecular flexibility index (Phi) is 3.88. The number of hydrogen-bond donors (Lipinski definition) is 2. The lowest BCUT2D eigenvalue weighted by molar-refractivity contribution is -0.131. The van der Waals surface area contributed by atoms with Crippen LogP contribution < -0.4 is 4.90 Å². The van der Waals surface area contributed by atoms with Gasteiger partial charge in [0.25, 0.3) is 0 Å². The molecule has 6 rings (SSSR count). The first-order valence-electron chi connectivity index (χ1n) is 11.3. The van der Waals surface area contributed by atoms with Gasteiger partial charge in [-0.15, -0.1) is 0 Å². The summed E-state index contributed by atoms with van der Waals surface area (Å²) in [4.78, 5) is 33.4. The van der Waals surface area contributed by atoms with Crippen LogP contribution in [0.5, 0.6) is 0 Å². The van der Waals surface area contributed by atoms with Crippen LogP contribution >= 0.6 is 0 Å². The molecule has 2 aromatic heterocycles. The summed E-state index contributed by atoms with van der Waals surface area (Å²) in [6, 6.07) is 4.25. The van der Waals surface area contributed by atoms with Crippen LogP contribution in [-0.2, 0) is 27.8 Å². The number of H-pyrrole nitrogens is 2. The molecule has 2 N–H and O–H groups in total.